The summed E-state index contributed by atoms with van der Waals surface area (Å²) in [5, 5.41) is 7.51. The minimum absolute atomic E-state index is 0.195. The molecule has 2 aromatic carbocycles. The average molecular weight is 495 g/mol. The van der Waals surface area contributed by atoms with E-state index in [1.54, 1.807) is 18.2 Å². The van der Waals surface area contributed by atoms with Crippen LogP contribution in [0.2, 0.25) is 15.1 Å². The van der Waals surface area contributed by atoms with E-state index in [1.807, 2.05) is 36.6 Å². The predicted octanol–water partition coefficient (Wildman–Crippen LogP) is 7.44. The number of hydrogen-bond acceptors (Lipinski definition) is 5. The first-order valence-electron chi connectivity index (χ1n) is 8.83. The summed E-state index contributed by atoms with van der Waals surface area (Å²) in [6, 6.07) is 12.7. The summed E-state index contributed by atoms with van der Waals surface area (Å²) in [6.45, 7) is 1.82. The fraction of sp³-hybridized carbons (Fsp3) is 0.0952. The van der Waals surface area contributed by atoms with Crippen molar-refractivity contribution in [3.8, 4) is 11.1 Å². The molecule has 1 amide bonds. The lowest BCUT2D eigenvalue weighted by molar-refractivity contribution is -0.115. The normalized spacial score (nSPS) is 12.1. The second-order valence-electron chi connectivity index (χ2n) is 6.37. The number of rotatable bonds is 5. The molecule has 30 heavy (non-hydrogen) atoms. The molecule has 0 aliphatic rings. The van der Waals surface area contributed by atoms with E-state index in [1.165, 1.54) is 29.4 Å². The van der Waals surface area contributed by atoms with Crippen molar-refractivity contribution in [1.82, 2.24) is 9.97 Å². The number of thiophene rings is 1. The van der Waals surface area contributed by atoms with E-state index in [-0.39, 0.29) is 5.91 Å². The maximum Gasteiger partial charge on any atom is 0.237 e. The number of hydrogen-bond donors (Lipinski definition) is 1. The minimum Gasteiger partial charge on any atom is -0.324 e. The Labute approximate surface area is 196 Å². The zero-order valence-corrected chi connectivity index (χ0v) is 19.4. The molecule has 4 aromatic rings. The number of carbonyl (C=O) groups excluding carboxylic acids is 1. The predicted molar refractivity (Wildman–Crippen MR) is 128 cm³/mol. The third-order valence-corrected chi connectivity index (χ3v) is 7.42. The number of halogens is 3. The van der Waals surface area contributed by atoms with Gasteiger partial charge in [-0.05, 0) is 36.8 Å². The molecule has 0 saturated heterocycles. The van der Waals surface area contributed by atoms with E-state index < -0.39 is 5.25 Å². The molecule has 0 spiro atoms. The van der Waals surface area contributed by atoms with Crippen LogP contribution in [-0.4, -0.2) is 21.1 Å². The van der Waals surface area contributed by atoms with Gasteiger partial charge in [0, 0.05) is 16.0 Å². The number of carbonyl (C=O) groups is 1. The van der Waals surface area contributed by atoms with Gasteiger partial charge in [0.1, 0.15) is 16.2 Å². The van der Waals surface area contributed by atoms with Crippen LogP contribution in [0, 0.1) is 0 Å². The fourth-order valence-corrected chi connectivity index (χ4v) is 5.22. The Hall–Kier alpha value is -1.83. The standard InChI is InChI=1S/C21H14Cl3N3OS2/c1-11(19(28)27-16-4-2-3-15(23)18(16)24)30-21-17-14(9-29-20(17)25-10-26-21)12-5-7-13(22)8-6-12/h2-11H,1H3,(H,27,28)/t11-/m0/s1. The molecule has 0 aliphatic carbocycles. The van der Waals surface area contributed by atoms with Crippen LogP contribution in [-0.2, 0) is 4.79 Å². The second kappa shape index (κ2) is 9.12. The topological polar surface area (TPSA) is 54.9 Å². The quantitative estimate of drug-likeness (QED) is 0.231. The van der Waals surface area contributed by atoms with Crippen LogP contribution in [0.3, 0.4) is 0 Å². The van der Waals surface area contributed by atoms with Crippen molar-refractivity contribution in [2.45, 2.75) is 17.2 Å². The molecule has 0 radical (unpaired) electrons. The van der Waals surface area contributed by atoms with Crippen molar-refractivity contribution in [3.63, 3.8) is 0 Å². The van der Waals surface area contributed by atoms with E-state index in [9.17, 15) is 4.79 Å². The van der Waals surface area contributed by atoms with Gasteiger partial charge in [-0.2, -0.15) is 0 Å². The first-order chi connectivity index (χ1) is 14.4. The Morgan fingerprint density at radius 2 is 1.87 bits per heavy atom. The van der Waals surface area contributed by atoms with Crippen molar-refractivity contribution in [3.05, 3.63) is 69.2 Å². The lowest BCUT2D eigenvalue weighted by Gasteiger charge is -2.14. The molecule has 2 aromatic heterocycles. The summed E-state index contributed by atoms with van der Waals surface area (Å²) in [7, 11) is 0. The summed E-state index contributed by atoms with van der Waals surface area (Å²) in [4.78, 5) is 22.5. The van der Waals surface area contributed by atoms with Crippen molar-refractivity contribution in [2.24, 2.45) is 0 Å². The van der Waals surface area contributed by atoms with Gasteiger partial charge >= 0.3 is 0 Å². The highest BCUT2D eigenvalue weighted by atomic mass is 35.5. The zero-order chi connectivity index (χ0) is 21.3. The Morgan fingerprint density at radius 3 is 2.63 bits per heavy atom. The molecule has 2 heterocycles. The molecule has 0 bridgehead atoms. The van der Waals surface area contributed by atoms with Gasteiger partial charge in [-0.25, -0.2) is 9.97 Å². The number of nitrogens with zero attached hydrogens (tertiary/aromatic N) is 2. The monoisotopic (exact) mass is 493 g/mol. The molecule has 4 rings (SSSR count). The molecule has 1 atom stereocenters. The van der Waals surface area contributed by atoms with E-state index in [2.05, 4.69) is 15.3 Å². The molecule has 152 valence electrons. The number of fused-ring (bicyclic) bond motifs is 1. The van der Waals surface area contributed by atoms with Crippen LogP contribution in [0.5, 0.6) is 0 Å². The largest absolute Gasteiger partial charge is 0.324 e. The lowest BCUT2D eigenvalue weighted by Crippen LogP contribution is -2.22. The number of amides is 1. The van der Waals surface area contributed by atoms with Crippen LogP contribution < -0.4 is 5.32 Å². The molecule has 0 unspecified atom stereocenters. The number of benzene rings is 2. The van der Waals surface area contributed by atoms with E-state index >= 15 is 0 Å². The van der Waals surface area contributed by atoms with Gasteiger partial charge < -0.3 is 5.32 Å². The number of nitrogens with one attached hydrogen (secondary N) is 1. The third-order valence-electron chi connectivity index (χ3n) is 4.36. The molecule has 0 aliphatic heterocycles. The number of anilines is 1. The van der Waals surface area contributed by atoms with Gasteiger partial charge in [0.2, 0.25) is 5.91 Å². The fourth-order valence-electron chi connectivity index (χ4n) is 2.83. The third kappa shape index (κ3) is 4.43. The molecular formula is C21H14Cl3N3OS2. The van der Waals surface area contributed by atoms with E-state index in [0.29, 0.717) is 20.8 Å². The smallest absolute Gasteiger partial charge is 0.237 e. The highest BCUT2D eigenvalue weighted by Gasteiger charge is 2.21. The lowest BCUT2D eigenvalue weighted by atomic mass is 10.1. The maximum atomic E-state index is 12.8. The van der Waals surface area contributed by atoms with Crippen LogP contribution in [0.15, 0.2) is 59.2 Å². The average Bonchev–Trinajstić information content (AvgIpc) is 3.17. The zero-order valence-electron chi connectivity index (χ0n) is 15.5. The van der Waals surface area contributed by atoms with Gasteiger partial charge in [-0.1, -0.05) is 64.8 Å². The van der Waals surface area contributed by atoms with E-state index in [0.717, 1.165) is 26.4 Å². The van der Waals surface area contributed by atoms with Gasteiger partial charge in [0.15, 0.2) is 0 Å². The molecule has 0 fully saturated rings. The van der Waals surface area contributed by atoms with Crippen LogP contribution in [0.1, 0.15) is 6.92 Å². The summed E-state index contributed by atoms with van der Waals surface area (Å²) in [6.07, 6.45) is 1.52. The maximum absolute atomic E-state index is 12.8. The second-order valence-corrected chi connectivity index (χ2v) is 9.78. The van der Waals surface area contributed by atoms with Crippen molar-refractivity contribution in [1.29, 1.82) is 0 Å². The Kier molecular flexibility index (Phi) is 6.51. The van der Waals surface area contributed by atoms with Gasteiger partial charge in [0.25, 0.3) is 0 Å². The SMILES string of the molecule is C[C@H](Sc1ncnc2scc(-c3ccc(Cl)cc3)c12)C(=O)Nc1cccc(Cl)c1Cl. The summed E-state index contributed by atoms with van der Waals surface area (Å²) in [5.41, 5.74) is 2.51. The van der Waals surface area contributed by atoms with Gasteiger partial charge in [-0.15, -0.1) is 11.3 Å². The number of aromatic nitrogens is 2. The van der Waals surface area contributed by atoms with Crippen molar-refractivity contribution >= 4 is 79.7 Å². The van der Waals surface area contributed by atoms with E-state index in [4.69, 9.17) is 34.8 Å². The van der Waals surface area contributed by atoms with Crippen LogP contribution >= 0.6 is 57.9 Å². The molecule has 0 saturated carbocycles. The Balaban J connectivity index is 1.62. The van der Waals surface area contributed by atoms with Crippen LogP contribution in [0.4, 0.5) is 5.69 Å². The van der Waals surface area contributed by atoms with Crippen molar-refractivity contribution < 1.29 is 4.79 Å². The summed E-state index contributed by atoms with van der Waals surface area (Å²) >= 11 is 21.1. The Bertz CT molecular complexity index is 1230. The molecule has 9 heteroatoms. The first-order valence-corrected chi connectivity index (χ1v) is 11.7. The highest BCUT2D eigenvalue weighted by molar-refractivity contribution is 8.00. The summed E-state index contributed by atoms with van der Waals surface area (Å²) < 4.78 is 0. The molecule has 4 nitrogen and oxygen atoms in total. The van der Waals surface area contributed by atoms with Crippen molar-refractivity contribution in [2.75, 3.05) is 5.32 Å². The first kappa shape index (κ1) is 21.4. The molecule has 1 N–H and O–H groups in total. The summed E-state index contributed by atoms with van der Waals surface area (Å²) in [5.74, 6) is -0.195. The van der Waals surface area contributed by atoms with Gasteiger partial charge in [-0.3, -0.25) is 4.79 Å². The number of thioether (sulfide) groups is 1. The van der Waals surface area contributed by atoms with Crippen LogP contribution in [0.25, 0.3) is 21.3 Å². The minimum atomic E-state index is -0.420. The Morgan fingerprint density at radius 1 is 1.10 bits per heavy atom. The molecular weight excluding hydrogens is 481 g/mol. The highest BCUT2D eigenvalue weighted by Crippen LogP contribution is 2.39. The van der Waals surface area contributed by atoms with Gasteiger partial charge in [0.05, 0.1) is 26.4 Å².